The molecule has 0 bridgehead atoms. The highest BCUT2D eigenvalue weighted by atomic mass is 32.1. The first kappa shape index (κ1) is 15.7. The summed E-state index contributed by atoms with van der Waals surface area (Å²) in [6, 6.07) is 13.0. The molecule has 3 unspecified atom stereocenters. The molecular weight excluding hydrogens is 310 g/mol. The van der Waals surface area contributed by atoms with Crippen molar-refractivity contribution in [3.63, 3.8) is 0 Å². The molecule has 1 saturated carbocycles. The Morgan fingerprint density at radius 3 is 2.61 bits per heavy atom. The van der Waals surface area contributed by atoms with Crippen LogP contribution in [0.4, 0.5) is 0 Å². The molecule has 1 fully saturated rings. The van der Waals surface area contributed by atoms with E-state index in [1.807, 2.05) is 30.3 Å². The van der Waals surface area contributed by atoms with Crippen molar-refractivity contribution >= 4 is 23.2 Å². The van der Waals surface area contributed by atoms with E-state index < -0.39 is 12.0 Å². The van der Waals surface area contributed by atoms with Crippen molar-refractivity contribution in [3.05, 3.63) is 57.8 Å². The summed E-state index contributed by atoms with van der Waals surface area (Å²) in [5.41, 5.74) is 0.826. The van der Waals surface area contributed by atoms with E-state index >= 15 is 0 Å². The molecule has 1 aromatic carbocycles. The summed E-state index contributed by atoms with van der Waals surface area (Å²) in [4.78, 5) is 26.0. The first-order chi connectivity index (χ1) is 11.0. The molecular formula is C18H19NO3S. The number of nitrogens with one attached hydrogen (secondary N) is 1. The highest BCUT2D eigenvalue weighted by Gasteiger charge is 2.45. The van der Waals surface area contributed by atoms with Crippen LogP contribution in [0.5, 0.6) is 0 Å². The van der Waals surface area contributed by atoms with Crippen LogP contribution in [0.2, 0.25) is 0 Å². The smallest absolute Gasteiger partial charge is 0.305 e. The van der Waals surface area contributed by atoms with Gasteiger partial charge in [0.2, 0.25) is 5.91 Å². The number of aliphatic carboxylic acids is 1. The summed E-state index contributed by atoms with van der Waals surface area (Å²) in [5, 5.41) is 12.0. The number of thiophene rings is 1. The molecule has 2 aromatic rings. The molecule has 1 aliphatic rings. The van der Waals surface area contributed by atoms with E-state index in [1.54, 1.807) is 11.3 Å². The number of carboxylic acid groups (broad SMARTS) is 1. The van der Waals surface area contributed by atoms with E-state index in [0.29, 0.717) is 0 Å². The number of carbonyl (C=O) groups excluding carboxylic acids is 1. The number of hydrogen-bond donors (Lipinski definition) is 2. The third kappa shape index (κ3) is 3.79. The number of carboxylic acids is 1. The highest BCUT2D eigenvalue weighted by Crippen LogP contribution is 2.50. The predicted octanol–water partition coefficient (Wildman–Crippen LogP) is 3.49. The number of carbonyl (C=O) groups is 2. The lowest BCUT2D eigenvalue weighted by Gasteiger charge is -2.17. The Labute approximate surface area is 139 Å². The first-order valence-corrected chi connectivity index (χ1v) is 8.49. The normalized spacial score (nSPS) is 20.7. The molecule has 3 rings (SSSR count). The second-order valence-corrected chi connectivity index (χ2v) is 7.29. The SMILES string of the molecule is Cc1ccc(C2CC2C(=O)NC(CC(=O)O)c2ccccc2)s1. The van der Waals surface area contributed by atoms with Crippen molar-refractivity contribution in [3.8, 4) is 0 Å². The largest absolute Gasteiger partial charge is 0.481 e. The maximum atomic E-state index is 12.5. The molecule has 4 nitrogen and oxygen atoms in total. The van der Waals surface area contributed by atoms with Gasteiger partial charge in [0.05, 0.1) is 12.5 Å². The van der Waals surface area contributed by atoms with Gasteiger partial charge < -0.3 is 10.4 Å². The predicted molar refractivity (Wildman–Crippen MR) is 89.5 cm³/mol. The van der Waals surface area contributed by atoms with Crippen molar-refractivity contribution in [1.82, 2.24) is 5.32 Å². The Morgan fingerprint density at radius 2 is 2.00 bits per heavy atom. The zero-order valence-corrected chi connectivity index (χ0v) is 13.7. The maximum Gasteiger partial charge on any atom is 0.305 e. The molecule has 120 valence electrons. The van der Waals surface area contributed by atoms with Gasteiger partial charge in [0.15, 0.2) is 0 Å². The second kappa shape index (κ2) is 6.54. The van der Waals surface area contributed by atoms with Gasteiger partial charge in [0.1, 0.15) is 0 Å². The molecule has 5 heteroatoms. The Bertz CT molecular complexity index is 710. The maximum absolute atomic E-state index is 12.5. The zero-order valence-electron chi connectivity index (χ0n) is 12.9. The summed E-state index contributed by atoms with van der Waals surface area (Å²) in [6.07, 6.45) is 0.742. The van der Waals surface area contributed by atoms with Crippen LogP contribution in [0.25, 0.3) is 0 Å². The third-order valence-electron chi connectivity index (χ3n) is 4.15. The lowest BCUT2D eigenvalue weighted by Crippen LogP contribution is -2.31. The molecule has 1 aliphatic carbocycles. The van der Waals surface area contributed by atoms with Crippen LogP contribution in [-0.4, -0.2) is 17.0 Å². The van der Waals surface area contributed by atoms with Gasteiger partial charge in [-0.05, 0) is 31.0 Å². The van der Waals surface area contributed by atoms with Crippen molar-refractivity contribution in [1.29, 1.82) is 0 Å². The molecule has 3 atom stereocenters. The fourth-order valence-corrected chi connectivity index (χ4v) is 3.90. The molecule has 23 heavy (non-hydrogen) atoms. The summed E-state index contributed by atoms with van der Waals surface area (Å²) in [7, 11) is 0. The minimum atomic E-state index is -0.916. The standard InChI is InChI=1S/C18H19NO3S/c1-11-7-8-16(23-11)13-9-14(13)18(22)19-15(10-17(20)21)12-5-3-2-4-6-12/h2-8,13-15H,9-10H2,1H3,(H,19,22)(H,20,21). The average Bonchev–Trinajstić information content (AvgIpc) is 3.22. The minimum absolute atomic E-state index is 0.0342. The van der Waals surface area contributed by atoms with Crippen molar-refractivity contribution in [2.75, 3.05) is 0 Å². The fourth-order valence-electron chi connectivity index (χ4n) is 2.84. The Morgan fingerprint density at radius 1 is 1.26 bits per heavy atom. The van der Waals surface area contributed by atoms with Gasteiger partial charge in [-0.15, -0.1) is 11.3 Å². The van der Waals surface area contributed by atoms with Gasteiger partial charge in [0, 0.05) is 21.6 Å². The van der Waals surface area contributed by atoms with Crippen LogP contribution in [-0.2, 0) is 9.59 Å². The topological polar surface area (TPSA) is 66.4 Å². The lowest BCUT2D eigenvalue weighted by atomic mass is 10.0. The summed E-state index contributed by atoms with van der Waals surface area (Å²) >= 11 is 1.73. The molecule has 0 aliphatic heterocycles. The van der Waals surface area contributed by atoms with E-state index in [0.717, 1.165) is 12.0 Å². The number of rotatable bonds is 6. The van der Waals surface area contributed by atoms with Crippen LogP contribution in [0.1, 0.15) is 40.1 Å². The Balaban J connectivity index is 1.66. The van der Waals surface area contributed by atoms with Crippen LogP contribution in [0.3, 0.4) is 0 Å². The number of benzene rings is 1. The summed E-state index contributed by atoms with van der Waals surface area (Å²) in [6.45, 7) is 2.06. The van der Waals surface area contributed by atoms with Gasteiger partial charge in [-0.1, -0.05) is 30.3 Å². The summed E-state index contributed by atoms with van der Waals surface area (Å²) < 4.78 is 0. The Kier molecular flexibility index (Phi) is 4.48. The van der Waals surface area contributed by atoms with Gasteiger partial charge in [0.25, 0.3) is 0 Å². The summed E-state index contributed by atoms with van der Waals surface area (Å²) in [5.74, 6) is -0.709. The molecule has 0 radical (unpaired) electrons. The molecule has 1 amide bonds. The molecule has 1 aromatic heterocycles. The van der Waals surface area contributed by atoms with Gasteiger partial charge in [-0.2, -0.15) is 0 Å². The number of hydrogen-bond acceptors (Lipinski definition) is 3. The van der Waals surface area contributed by atoms with Gasteiger partial charge >= 0.3 is 5.97 Å². The monoisotopic (exact) mass is 329 g/mol. The zero-order chi connectivity index (χ0) is 16.4. The van der Waals surface area contributed by atoms with Crippen molar-refractivity contribution < 1.29 is 14.7 Å². The van der Waals surface area contributed by atoms with Crippen LogP contribution >= 0.6 is 11.3 Å². The molecule has 0 saturated heterocycles. The van der Waals surface area contributed by atoms with Gasteiger partial charge in [-0.25, -0.2) is 0 Å². The van der Waals surface area contributed by atoms with E-state index in [-0.39, 0.29) is 24.2 Å². The van der Waals surface area contributed by atoms with Crippen LogP contribution in [0.15, 0.2) is 42.5 Å². The quantitative estimate of drug-likeness (QED) is 0.852. The van der Waals surface area contributed by atoms with Crippen LogP contribution in [0, 0.1) is 12.8 Å². The van der Waals surface area contributed by atoms with Crippen molar-refractivity contribution in [2.45, 2.75) is 31.7 Å². The Hall–Kier alpha value is -2.14. The van der Waals surface area contributed by atoms with E-state index in [2.05, 4.69) is 24.4 Å². The number of amides is 1. The molecule has 2 N–H and O–H groups in total. The van der Waals surface area contributed by atoms with E-state index in [4.69, 9.17) is 5.11 Å². The first-order valence-electron chi connectivity index (χ1n) is 7.68. The number of aryl methyl sites for hydroxylation is 1. The average molecular weight is 329 g/mol. The molecule has 1 heterocycles. The van der Waals surface area contributed by atoms with E-state index in [9.17, 15) is 9.59 Å². The third-order valence-corrected chi connectivity index (χ3v) is 5.28. The lowest BCUT2D eigenvalue weighted by molar-refractivity contribution is -0.137. The van der Waals surface area contributed by atoms with Crippen LogP contribution < -0.4 is 5.32 Å². The van der Waals surface area contributed by atoms with Crippen molar-refractivity contribution in [2.24, 2.45) is 5.92 Å². The minimum Gasteiger partial charge on any atom is -0.481 e. The molecule has 0 spiro atoms. The second-order valence-electron chi connectivity index (χ2n) is 5.97. The highest BCUT2D eigenvalue weighted by molar-refractivity contribution is 7.12. The van der Waals surface area contributed by atoms with Gasteiger partial charge in [-0.3, -0.25) is 9.59 Å². The van der Waals surface area contributed by atoms with E-state index in [1.165, 1.54) is 9.75 Å². The fraction of sp³-hybridized carbons (Fsp3) is 0.333.